The van der Waals surface area contributed by atoms with Gasteiger partial charge in [-0.1, -0.05) is 25.1 Å². The van der Waals surface area contributed by atoms with E-state index < -0.39 is 16.8 Å². The molecule has 1 unspecified atom stereocenters. The smallest absolute Gasteiger partial charge is 0.272 e. The predicted molar refractivity (Wildman–Crippen MR) is 76.1 cm³/mol. The van der Waals surface area contributed by atoms with Gasteiger partial charge in [-0.3, -0.25) is 10.1 Å². The number of nitrogens with zero attached hydrogens (tertiary/aromatic N) is 1. The molecule has 2 rings (SSSR count). The molecule has 0 saturated heterocycles. The van der Waals surface area contributed by atoms with Gasteiger partial charge in [-0.15, -0.1) is 0 Å². The first-order valence-corrected chi connectivity index (χ1v) is 6.47. The minimum Gasteiger partial charge on any atom is -0.376 e. The highest BCUT2D eigenvalue weighted by molar-refractivity contribution is 5.51. The molecule has 0 aromatic heterocycles. The van der Waals surface area contributed by atoms with E-state index in [0.29, 0.717) is 12.0 Å². The van der Waals surface area contributed by atoms with Gasteiger partial charge in [0.15, 0.2) is 5.82 Å². The Morgan fingerprint density at radius 3 is 2.48 bits per heavy atom. The molecule has 21 heavy (non-hydrogen) atoms. The molecule has 0 aliphatic rings. The van der Waals surface area contributed by atoms with Crippen molar-refractivity contribution < 1.29 is 13.7 Å². The number of nitro benzene ring substituents is 1. The van der Waals surface area contributed by atoms with Crippen molar-refractivity contribution in [2.45, 2.75) is 19.4 Å². The highest BCUT2D eigenvalue weighted by Gasteiger charge is 2.17. The van der Waals surface area contributed by atoms with Crippen molar-refractivity contribution in [2.75, 3.05) is 5.32 Å². The molecule has 0 fully saturated rings. The van der Waals surface area contributed by atoms with Crippen LogP contribution < -0.4 is 5.32 Å². The zero-order chi connectivity index (χ0) is 15.4. The lowest BCUT2D eigenvalue weighted by Crippen LogP contribution is -2.12. The molecular formula is C15H14F2N2O2. The van der Waals surface area contributed by atoms with E-state index in [1.807, 2.05) is 6.92 Å². The van der Waals surface area contributed by atoms with E-state index in [4.69, 9.17) is 0 Å². The molecule has 0 bridgehead atoms. The van der Waals surface area contributed by atoms with E-state index in [2.05, 4.69) is 5.32 Å². The Labute approximate surface area is 120 Å². The minimum absolute atomic E-state index is 0.107. The van der Waals surface area contributed by atoms with Crippen molar-refractivity contribution in [1.29, 1.82) is 0 Å². The largest absolute Gasteiger partial charge is 0.376 e. The van der Waals surface area contributed by atoms with Crippen LogP contribution in [0.1, 0.15) is 24.9 Å². The molecule has 110 valence electrons. The summed E-state index contributed by atoms with van der Waals surface area (Å²) in [7, 11) is 0. The van der Waals surface area contributed by atoms with Crippen molar-refractivity contribution in [1.82, 2.24) is 0 Å². The molecule has 0 aliphatic heterocycles. The van der Waals surface area contributed by atoms with Gasteiger partial charge in [-0.25, -0.2) is 8.78 Å². The summed E-state index contributed by atoms with van der Waals surface area (Å²) in [6, 6.07) is 9.17. The van der Waals surface area contributed by atoms with Gasteiger partial charge in [0.05, 0.1) is 22.7 Å². The van der Waals surface area contributed by atoms with Crippen molar-refractivity contribution in [3.8, 4) is 0 Å². The zero-order valence-electron chi connectivity index (χ0n) is 11.3. The topological polar surface area (TPSA) is 55.2 Å². The number of nitrogens with one attached hydrogen (secondary N) is 1. The van der Waals surface area contributed by atoms with Crippen LogP contribution in [-0.2, 0) is 0 Å². The van der Waals surface area contributed by atoms with Gasteiger partial charge in [0.2, 0.25) is 0 Å². The molecule has 0 radical (unpaired) electrons. The van der Waals surface area contributed by atoms with Crippen LogP contribution in [0.3, 0.4) is 0 Å². The molecule has 0 aliphatic carbocycles. The first-order valence-electron chi connectivity index (χ1n) is 6.47. The summed E-state index contributed by atoms with van der Waals surface area (Å²) in [4.78, 5) is 9.91. The van der Waals surface area contributed by atoms with Crippen molar-refractivity contribution in [2.24, 2.45) is 0 Å². The van der Waals surface area contributed by atoms with Crippen molar-refractivity contribution in [3.05, 3.63) is 69.8 Å². The Bertz CT molecular complexity index is 662. The maximum absolute atomic E-state index is 13.9. The van der Waals surface area contributed by atoms with Gasteiger partial charge in [-0.2, -0.15) is 0 Å². The number of hydrogen-bond donors (Lipinski definition) is 1. The number of benzene rings is 2. The first-order chi connectivity index (χ1) is 10.0. The fraction of sp³-hybridized carbons (Fsp3) is 0.200. The summed E-state index contributed by atoms with van der Waals surface area (Å²) in [6.07, 6.45) is 0.539. The molecule has 0 saturated carbocycles. The van der Waals surface area contributed by atoms with Gasteiger partial charge in [0.25, 0.3) is 5.69 Å². The van der Waals surface area contributed by atoms with E-state index in [1.54, 1.807) is 18.2 Å². The Kier molecular flexibility index (Phi) is 4.47. The Hall–Kier alpha value is -2.50. The summed E-state index contributed by atoms with van der Waals surface area (Å²) >= 11 is 0. The van der Waals surface area contributed by atoms with Crippen molar-refractivity contribution >= 4 is 11.4 Å². The monoisotopic (exact) mass is 292 g/mol. The molecule has 1 N–H and O–H groups in total. The lowest BCUT2D eigenvalue weighted by molar-refractivity contribution is -0.385. The van der Waals surface area contributed by atoms with Crippen LogP contribution in [0.25, 0.3) is 0 Å². The quantitative estimate of drug-likeness (QED) is 0.655. The summed E-state index contributed by atoms with van der Waals surface area (Å²) in [5.74, 6) is -1.11. The zero-order valence-corrected chi connectivity index (χ0v) is 11.3. The molecule has 4 nitrogen and oxygen atoms in total. The second-order valence-electron chi connectivity index (χ2n) is 4.55. The summed E-state index contributed by atoms with van der Waals surface area (Å²) in [5, 5.41) is 13.5. The number of non-ortho nitro benzene ring substituents is 1. The van der Waals surface area contributed by atoms with E-state index in [9.17, 15) is 18.9 Å². The van der Waals surface area contributed by atoms with Gasteiger partial charge in [-0.05, 0) is 18.6 Å². The second-order valence-corrected chi connectivity index (χ2v) is 4.55. The second kappa shape index (κ2) is 6.30. The molecule has 6 heteroatoms. The van der Waals surface area contributed by atoms with Crippen LogP contribution in [-0.4, -0.2) is 4.92 Å². The molecule has 1 atom stereocenters. The number of halogens is 2. The van der Waals surface area contributed by atoms with E-state index in [-0.39, 0.29) is 17.2 Å². The molecule has 2 aromatic rings. The lowest BCUT2D eigenvalue weighted by atomic mass is 10.0. The number of hydrogen-bond acceptors (Lipinski definition) is 3. The maximum atomic E-state index is 13.9. The van der Waals surface area contributed by atoms with E-state index in [1.165, 1.54) is 18.2 Å². The van der Waals surface area contributed by atoms with Crippen LogP contribution in [0.15, 0.2) is 42.5 Å². The fourth-order valence-corrected chi connectivity index (χ4v) is 2.08. The summed E-state index contributed by atoms with van der Waals surface area (Å²) in [6.45, 7) is 1.84. The normalized spacial score (nSPS) is 12.0. The SMILES string of the molecule is CCC(Nc1ccc([N+](=O)[O-])cc1F)c1ccccc1F. The van der Waals surface area contributed by atoms with Crippen LogP contribution in [0, 0.1) is 21.7 Å². The third-order valence-corrected chi connectivity index (χ3v) is 3.18. The minimum atomic E-state index is -0.737. The fourth-order valence-electron chi connectivity index (χ4n) is 2.08. The van der Waals surface area contributed by atoms with Crippen LogP contribution in [0.4, 0.5) is 20.2 Å². The van der Waals surface area contributed by atoms with Gasteiger partial charge < -0.3 is 5.32 Å². The number of anilines is 1. The van der Waals surface area contributed by atoms with Gasteiger partial charge in [0.1, 0.15) is 5.82 Å². The first kappa shape index (κ1) is 14.9. The molecular weight excluding hydrogens is 278 g/mol. The third-order valence-electron chi connectivity index (χ3n) is 3.18. The van der Waals surface area contributed by atoms with E-state index in [0.717, 1.165) is 6.07 Å². The van der Waals surface area contributed by atoms with Crippen LogP contribution >= 0.6 is 0 Å². The number of nitro groups is 1. The van der Waals surface area contributed by atoms with Gasteiger partial charge >= 0.3 is 0 Å². The van der Waals surface area contributed by atoms with E-state index >= 15 is 0 Å². The van der Waals surface area contributed by atoms with Crippen LogP contribution in [0.5, 0.6) is 0 Å². The van der Waals surface area contributed by atoms with Crippen LogP contribution in [0.2, 0.25) is 0 Å². The molecule has 0 heterocycles. The summed E-state index contributed by atoms with van der Waals surface area (Å²) < 4.78 is 27.6. The van der Waals surface area contributed by atoms with Gasteiger partial charge in [0, 0.05) is 11.6 Å². The highest BCUT2D eigenvalue weighted by Crippen LogP contribution is 2.27. The molecule has 0 amide bonds. The molecule has 0 spiro atoms. The highest BCUT2D eigenvalue weighted by atomic mass is 19.1. The predicted octanol–water partition coefficient (Wildman–Crippen LogP) is 4.44. The standard InChI is InChI=1S/C15H14F2N2O2/c1-2-14(11-5-3-4-6-12(11)16)18-15-8-7-10(19(20)21)9-13(15)17/h3-9,14,18H,2H2,1H3. The summed E-state index contributed by atoms with van der Waals surface area (Å²) in [5.41, 5.74) is 0.213. The number of rotatable bonds is 5. The van der Waals surface area contributed by atoms with Crippen molar-refractivity contribution in [3.63, 3.8) is 0 Å². The Balaban J connectivity index is 2.27. The molecule has 2 aromatic carbocycles. The average Bonchev–Trinajstić information content (AvgIpc) is 2.47. The Morgan fingerprint density at radius 1 is 1.19 bits per heavy atom. The third kappa shape index (κ3) is 3.34. The maximum Gasteiger partial charge on any atom is 0.272 e. The lowest BCUT2D eigenvalue weighted by Gasteiger charge is -2.19. The Morgan fingerprint density at radius 2 is 1.90 bits per heavy atom. The average molecular weight is 292 g/mol.